The first-order valence-electron chi connectivity index (χ1n) is 7.31. The molecule has 0 amide bonds. The minimum atomic E-state index is -5.73. The van der Waals surface area contributed by atoms with E-state index in [0.717, 1.165) is 5.75 Å². The Bertz CT molecular complexity index is 661. The summed E-state index contributed by atoms with van der Waals surface area (Å²) in [7, 11) is -4.15. The van der Waals surface area contributed by atoms with Gasteiger partial charge < -0.3 is 8.92 Å². The second-order valence-corrected chi connectivity index (χ2v) is 8.27. The van der Waals surface area contributed by atoms with E-state index in [0.29, 0.717) is 24.3 Å². The Kier molecular flexibility index (Phi) is 10.9. The van der Waals surface area contributed by atoms with Crippen molar-refractivity contribution in [2.75, 3.05) is 12.4 Å². The standard InChI is InChI=1S/C13H14F3IO4S2.C2H6/c1-3-10-8-11(20-6-7-22-17)4-5-12(10)9(2)21-23(18,19)13(14,15)16;1-2/h4-5,8H,2-3,6-7H2,1H3;1-2H3. The molecule has 144 valence electrons. The Hall–Kier alpha value is -0.620. The molecule has 4 nitrogen and oxygen atoms in total. The summed E-state index contributed by atoms with van der Waals surface area (Å²) in [6.07, 6.45) is 0.446. The maximum absolute atomic E-state index is 12.4. The SMILES string of the molecule is C=C(OS(=O)(=O)C(F)(F)F)c1ccc(OCCSI)cc1CC.CC. The molecule has 0 aromatic heterocycles. The van der Waals surface area contributed by atoms with Crippen LogP contribution in [-0.2, 0) is 20.7 Å². The molecule has 0 spiro atoms. The van der Waals surface area contributed by atoms with Crippen LogP contribution in [0.25, 0.3) is 5.76 Å². The van der Waals surface area contributed by atoms with Crippen LogP contribution in [0.5, 0.6) is 5.75 Å². The maximum atomic E-state index is 12.4. The highest BCUT2D eigenvalue weighted by Gasteiger charge is 2.48. The average molecular weight is 512 g/mol. The molecule has 10 heteroatoms. The number of ether oxygens (including phenoxy) is 1. The molecule has 0 bridgehead atoms. The van der Waals surface area contributed by atoms with Gasteiger partial charge in [-0.2, -0.15) is 21.6 Å². The summed E-state index contributed by atoms with van der Waals surface area (Å²) >= 11 is 2.14. The zero-order chi connectivity index (χ0) is 19.7. The van der Waals surface area contributed by atoms with Gasteiger partial charge in [-0.15, -0.1) is 0 Å². The molecule has 1 aromatic carbocycles. The van der Waals surface area contributed by atoms with Crippen LogP contribution in [0.4, 0.5) is 13.2 Å². The number of benzene rings is 1. The monoisotopic (exact) mass is 512 g/mol. The van der Waals surface area contributed by atoms with E-state index >= 15 is 0 Å². The molecule has 0 aliphatic rings. The van der Waals surface area contributed by atoms with Gasteiger partial charge in [0.05, 0.1) is 6.61 Å². The number of aryl methyl sites for hydroxylation is 1. The van der Waals surface area contributed by atoms with Gasteiger partial charge >= 0.3 is 15.6 Å². The Morgan fingerprint density at radius 1 is 1.32 bits per heavy atom. The molecule has 0 fully saturated rings. The summed E-state index contributed by atoms with van der Waals surface area (Å²) in [5.74, 6) is 0.750. The third kappa shape index (κ3) is 7.65. The van der Waals surface area contributed by atoms with Crippen LogP contribution >= 0.6 is 30.1 Å². The van der Waals surface area contributed by atoms with Gasteiger partial charge in [0.15, 0.2) is 0 Å². The molecule has 0 saturated carbocycles. The van der Waals surface area contributed by atoms with Crippen molar-refractivity contribution in [1.29, 1.82) is 0 Å². The van der Waals surface area contributed by atoms with Gasteiger partial charge in [-0.3, -0.25) is 0 Å². The second kappa shape index (κ2) is 11.2. The third-order valence-corrected chi connectivity index (χ3v) is 5.31. The first-order chi connectivity index (χ1) is 11.6. The van der Waals surface area contributed by atoms with Crippen LogP contribution in [0, 0.1) is 0 Å². The molecular weight excluding hydrogens is 492 g/mol. The van der Waals surface area contributed by atoms with E-state index in [1.807, 2.05) is 13.8 Å². The van der Waals surface area contributed by atoms with Crippen molar-refractivity contribution in [2.45, 2.75) is 32.7 Å². The number of rotatable bonds is 8. The first-order valence-corrected chi connectivity index (χ1v) is 12.2. The van der Waals surface area contributed by atoms with Crippen LogP contribution in [0.2, 0.25) is 0 Å². The summed E-state index contributed by atoms with van der Waals surface area (Å²) in [6.45, 7) is 9.55. The summed E-state index contributed by atoms with van der Waals surface area (Å²) in [6, 6.07) is 4.59. The predicted molar refractivity (Wildman–Crippen MR) is 104 cm³/mol. The van der Waals surface area contributed by atoms with E-state index in [-0.39, 0.29) is 5.56 Å². The smallest absolute Gasteiger partial charge is 0.493 e. The molecule has 0 aliphatic carbocycles. The van der Waals surface area contributed by atoms with E-state index < -0.39 is 21.4 Å². The van der Waals surface area contributed by atoms with Crippen molar-refractivity contribution in [2.24, 2.45) is 0 Å². The molecule has 0 saturated heterocycles. The van der Waals surface area contributed by atoms with Crippen molar-refractivity contribution in [1.82, 2.24) is 0 Å². The molecule has 1 aromatic rings. The Morgan fingerprint density at radius 2 is 1.92 bits per heavy atom. The number of alkyl halides is 3. The van der Waals surface area contributed by atoms with Crippen molar-refractivity contribution in [3.05, 3.63) is 35.9 Å². The number of hydrogen-bond acceptors (Lipinski definition) is 5. The fraction of sp³-hybridized carbons (Fsp3) is 0.467. The fourth-order valence-electron chi connectivity index (χ4n) is 1.64. The zero-order valence-corrected chi connectivity index (χ0v) is 17.8. The lowest BCUT2D eigenvalue weighted by Gasteiger charge is -2.15. The topological polar surface area (TPSA) is 52.6 Å². The molecule has 0 aliphatic heterocycles. The molecule has 0 radical (unpaired) electrons. The van der Waals surface area contributed by atoms with Gasteiger partial charge in [0, 0.05) is 11.3 Å². The maximum Gasteiger partial charge on any atom is 0.534 e. The van der Waals surface area contributed by atoms with Gasteiger partial charge in [-0.25, -0.2) is 0 Å². The number of halogens is 4. The van der Waals surface area contributed by atoms with Gasteiger partial charge in [-0.1, -0.05) is 36.3 Å². The van der Waals surface area contributed by atoms with Crippen molar-refractivity contribution in [3.8, 4) is 5.75 Å². The Labute approximate surface area is 162 Å². The lowest BCUT2D eigenvalue weighted by Crippen LogP contribution is -2.25. The van der Waals surface area contributed by atoms with E-state index in [2.05, 4.69) is 32.0 Å². The molecular formula is C15H20F3IO4S2. The molecule has 0 N–H and O–H groups in total. The lowest BCUT2D eigenvalue weighted by atomic mass is 10.0. The van der Waals surface area contributed by atoms with Crippen molar-refractivity contribution >= 4 is 46.0 Å². The van der Waals surface area contributed by atoms with Crippen molar-refractivity contribution in [3.63, 3.8) is 0 Å². The van der Waals surface area contributed by atoms with Crippen LogP contribution in [-0.4, -0.2) is 26.3 Å². The normalized spacial score (nSPS) is 11.3. The zero-order valence-electron chi connectivity index (χ0n) is 14.0. The van der Waals surface area contributed by atoms with Gasteiger partial charge in [0.25, 0.3) is 0 Å². The Balaban J connectivity index is 0.00000277. The third-order valence-electron chi connectivity index (χ3n) is 2.68. The second-order valence-electron chi connectivity index (χ2n) is 4.24. The van der Waals surface area contributed by atoms with Crippen LogP contribution in [0.15, 0.2) is 24.8 Å². The summed E-state index contributed by atoms with van der Waals surface area (Å²) in [5.41, 5.74) is -4.73. The molecule has 25 heavy (non-hydrogen) atoms. The average Bonchev–Trinajstić information content (AvgIpc) is 2.55. The summed E-state index contributed by atoms with van der Waals surface area (Å²) in [4.78, 5) is 0. The Morgan fingerprint density at radius 3 is 2.40 bits per heavy atom. The molecule has 0 unspecified atom stereocenters. The summed E-state index contributed by atoms with van der Waals surface area (Å²) < 4.78 is 68.7. The van der Waals surface area contributed by atoms with Gasteiger partial charge in [0.2, 0.25) is 0 Å². The van der Waals surface area contributed by atoms with E-state index in [4.69, 9.17) is 4.74 Å². The highest BCUT2D eigenvalue weighted by Crippen LogP contribution is 2.31. The first kappa shape index (κ1) is 24.4. The molecule has 1 rings (SSSR count). The van der Waals surface area contributed by atoms with Crippen LogP contribution < -0.4 is 4.74 Å². The van der Waals surface area contributed by atoms with Crippen molar-refractivity contribution < 1.29 is 30.5 Å². The van der Waals surface area contributed by atoms with E-state index in [1.165, 1.54) is 12.1 Å². The predicted octanol–water partition coefficient (Wildman–Crippen LogP) is 5.57. The quantitative estimate of drug-likeness (QED) is 0.150. The highest BCUT2D eigenvalue weighted by atomic mass is 127. The molecule has 0 heterocycles. The minimum Gasteiger partial charge on any atom is -0.493 e. The largest absolute Gasteiger partial charge is 0.534 e. The van der Waals surface area contributed by atoms with E-state index in [1.54, 1.807) is 21.9 Å². The summed E-state index contributed by atoms with van der Waals surface area (Å²) in [5, 5.41) is 0. The van der Waals surface area contributed by atoms with Gasteiger partial charge in [0.1, 0.15) is 11.5 Å². The van der Waals surface area contributed by atoms with E-state index in [9.17, 15) is 21.6 Å². The highest BCUT2D eigenvalue weighted by molar-refractivity contribution is 14.2. The van der Waals surface area contributed by atoms with Crippen LogP contribution in [0.3, 0.4) is 0 Å². The van der Waals surface area contributed by atoms with Gasteiger partial charge in [-0.05, 0) is 51.4 Å². The van der Waals surface area contributed by atoms with Crippen LogP contribution in [0.1, 0.15) is 31.9 Å². The molecule has 0 atom stereocenters. The fourth-order valence-corrected chi connectivity index (χ4v) is 2.77. The lowest BCUT2D eigenvalue weighted by molar-refractivity contribution is -0.0509. The number of hydrogen-bond donors (Lipinski definition) is 0. The minimum absolute atomic E-state index is 0.191.